The van der Waals surface area contributed by atoms with E-state index in [-0.39, 0.29) is 4.88 Å². The molecule has 6 heteroatoms. The number of amides is 1. The third-order valence-corrected chi connectivity index (χ3v) is 3.78. The predicted octanol–water partition coefficient (Wildman–Crippen LogP) is 3.66. The van der Waals surface area contributed by atoms with E-state index in [0.717, 1.165) is 16.2 Å². The monoisotopic (exact) mass is 295 g/mol. The van der Waals surface area contributed by atoms with E-state index in [9.17, 15) is 9.59 Å². The number of nitrogens with one attached hydrogen (secondary N) is 1. The van der Waals surface area contributed by atoms with Crippen molar-refractivity contribution in [3.05, 3.63) is 50.7 Å². The van der Waals surface area contributed by atoms with Gasteiger partial charge in [0.1, 0.15) is 4.88 Å². The number of hydrogen-bond donors (Lipinski definition) is 2. The first-order chi connectivity index (χ1) is 8.99. The standard InChI is InChI=1S/C13H10ClNO3S/c1-7-6-10(11(19-7)13(17)18)15-12(16)8-4-2-3-5-9(8)14/h2-6H,1H3,(H,15,16)(H,17,18). The van der Waals surface area contributed by atoms with E-state index in [2.05, 4.69) is 5.32 Å². The molecule has 2 N–H and O–H groups in total. The van der Waals surface area contributed by atoms with Crippen LogP contribution in [0.2, 0.25) is 5.02 Å². The van der Waals surface area contributed by atoms with Crippen LogP contribution in [0.3, 0.4) is 0 Å². The van der Waals surface area contributed by atoms with E-state index in [1.807, 2.05) is 0 Å². The maximum Gasteiger partial charge on any atom is 0.348 e. The summed E-state index contributed by atoms with van der Waals surface area (Å²) >= 11 is 7.03. The van der Waals surface area contributed by atoms with Crippen molar-refractivity contribution in [1.29, 1.82) is 0 Å². The van der Waals surface area contributed by atoms with Crippen LogP contribution in [0.4, 0.5) is 5.69 Å². The first-order valence-electron chi connectivity index (χ1n) is 5.38. The van der Waals surface area contributed by atoms with Gasteiger partial charge in [0, 0.05) is 4.88 Å². The summed E-state index contributed by atoms with van der Waals surface area (Å²) < 4.78 is 0. The number of anilines is 1. The van der Waals surface area contributed by atoms with E-state index in [1.165, 1.54) is 0 Å². The van der Waals surface area contributed by atoms with Crippen molar-refractivity contribution in [3.63, 3.8) is 0 Å². The number of rotatable bonds is 3. The van der Waals surface area contributed by atoms with Crippen LogP contribution in [0.15, 0.2) is 30.3 Å². The Morgan fingerprint density at radius 2 is 2.00 bits per heavy atom. The zero-order valence-corrected chi connectivity index (χ0v) is 11.5. The molecule has 1 amide bonds. The highest BCUT2D eigenvalue weighted by molar-refractivity contribution is 7.14. The van der Waals surface area contributed by atoms with Crippen molar-refractivity contribution in [2.45, 2.75) is 6.92 Å². The van der Waals surface area contributed by atoms with Gasteiger partial charge in [0.2, 0.25) is 0 Å². The van der Waals surface area contributed by atoms with Gasteiger partial charge in [-0.1, -0.05) is 23.7 Å². The molecule has 0 saturated heterocycles. The number of thiophene rings is 1. The van der Waals surface area contributed by atoms with Crippen LogP contribution < -0.4 is 5.32 Å². The van der Waals surface area contributed by atoms with Gasteiger partial charge in [-0.25, -0.2) is 4.79 Å². The highest BCUT2D eigenvalue weighted by Gasteiger charge is 2.17. The maximum atomic E-state index is 12.0. The van der Waals surface area contributed by atoms with E-state index < -0.39 is 11.9 Å². The van der Waals surface area contributed by atoms with Crippen LogP contribution in [-0.4, -0.2) is 17.0 Å². The van der Waals surface area contributed by atoms with Crippen LogP contribution in [0.1, 0.15) is 24.9 Å². The minimum absolute atomic E-state index is 0.109. The van der Waals surface area contributed by atoms with Gasteiger partial charge >= 0.3 is 5.97 Å². The van der Waals surface area contributed by atoms with E-state index >= 15 is 0 Å². The van der Waals surface area contributed by atoms with E-state index in [4.69, 9.17) is 16.7 Å². The van der Waals surface area contributed by atoms with Gasteiger partial charge in [-0.15, -0.1) is 11.3 Å². The SMILES string of the molecule is Cc1cc(NC(=O)c2ccccc2Cl)c(C(=O)O)s1. The molecule has 1 aromatic heterocycles. The molecule has 1 aromatic carbocycles. The maximum absolute atomic E-state index is 12.0. The Hall–Kier alpha value is -1.85. The summed E-state index contributed by atoms with van der Waals surface area (Å²) in [5.74, 6) is -1.49. The molecule has 98 valence electrons. The van der Waals surface area contributed by atoms with E-state index in [0.29, 0.717) is 16.3 Å². The van der Waals surface area contributed by atoms with E-state index in [1.54, 1.807) is 37.3 Å². The van der Waals surface area contributed by atoms with Crippen LogP contribution in [0, 0.1) is 6.92 Å². The van der Waals surface area contributed by atoms with Gasteiger partial charge in [-0.05, 0) is 25.1 Å². The topological polar surface area (TPSA) is 66.4 Å². The molecule has 0 spiro atoms. The molecule has 1 heterocycles. The summed E-state index contributed by atoms with van der Waals surface area (Å²) in [7, 11) is 0. The number of benzene rings is 1. The molecule has 0 radical (unpaired) electrons. The summed E-state index contributed by atoms with van der Waals surface area (Å²) in [6.45, 7) is 1.78. The Morgan fingerprint density at radius 1 is 1.32 bits per heavy atom. The molecule has 0 saturated carbocycles. The number of carbonyl (C=O) groups excluding carboxylic acids is 1. The van der Waals surface area contributed by atoms with Crippen LogP contribution >= 0.6 is 22.9 Å². The average molecular weight is 296 g/mol. The number of halogens is 1. The second kappa shape index (κ2) is 5.42. The molecule has 0 aliphatic heterocycles. The Balaban J connectivity index is 2.29. The lowest BCUT2D eigenvalue weighted by atomic mass is 10.2. The second-order valence-electron chi connectivity index (χ2n) is 3.84. The van der Waals surface area contributed by atoms with Crippen molar-refractivity contribution in [2.75, 3.05) is 5.32 Å². The Kier molecular flexibility index (Phi) is 3.87. The molecule has 2 aromatic rings. The largest absolute Gasteiger partial charge is 0.477 e. The smallest absolute Gasteiger partial charge is 0.348 e. The molecular formula is C13H10ClNO3S. The average Bonchev–Trinajstić information content (AvgIpc) is 2.70. The molecular weight excluding hydrogens is 286 g/mol. The van der Waals surface area contributed by atoms with Crippen LogP contribution in [0.5, 0.6) is 0 Å². The number of aromatic carboxylic acids is 1. The third kappa shape index (κ3) is 2.94. The summed E-state index contributed by atoms with van der Waals surface area (Å²) in [6.07, 6.45) is 0. The fourth-order valence-electron chi connectivity index (χ4n) is 1.60. The van der Waals surface area contributed by atoms with Crippen LogP contribution in [-0.2, 0) is 0 Å². The molecule has 0 unspecified atom stereocenters. The zero-order valence-electron chi connectivity index (χ0n) is 9.94. The van der Waals surface area contributed by atoms with Gasteiger partial charge < -0.3 is 10.4 Å². The minimum Gasteiger partial charge on any atom is -0.477 e. The van der Waals surface area contributed by atoms with Crippen molar-refractivity contribution in [3.8, 4) is 0 Å². The fourth-order valence-corrected chi connectivity index (χ4v) is 2.63. The lowest BCUT2D eigenvalue weighted by molar-refractivity contribution is 0.0703. The number of carbonyl (C=O) groups is 2. The highest BCUT2D eigenvalue weighted by Crippen LogP contribution is 2.27. The summed E-state index contributed by atoms with van der Waals surface area (Å²) in [5.41, 5.74) is 0.601. The predicted molar refractivity (Wildman–Crippen MR) is 75.4 cm³/mol. The Bertz CT molecular complexity index is 651. The lowest BCUT2D eigenvalue weighted by Crippen LogP contribution is -2.13. The number of hydrogen-bond acceptors (Lipinski definition) is 3. The quantitative estimate of drug-likeness (QED) is 0.908. The number of carboxylic acid groups (broad SMARTS) is 1. The Morgan fingerprint density at radius 3 is 2.63 bits per heavy atom. The highest BCUT2D eigenvalue weighted by atomic mass is 35.5. The first-order valence-corrected chi connectivity index (χ1v) is 6.58. The molecule has 19 heavy (non-hydrogen) atoms. The number of carboxylic acids is 1. The molecule has 2 rings (SSSR count). The normalized spacial score (nSPS) is 10.2. The van der Waals surface area contributed by atoms with Crippen LogP contribution in [0.25, 0.3) is 0 Å². The molecule has 0 fully saturated rings. The molecule has 0 bridgehead atoms. The number of aryl methyl sites for hydroxylation is 1. The van der Waals surface area contributed by atoms with Gasteiger partial charge in [0.05, 0.1) is 16.3 Å². The lowest BCUT2D eigenvalue weighted by Gasteiger charge is -2.05. The molecule has 0 aliphatic carbocycles. The first kappa shape index (κ1) is 13.6. The van der Waals surface area contributed by atoms with Crippen molar-refractivity contribution in [1.82, 2.24) is 0 Å². The molecule has 0 atom stereocenters. The van der Waals surface area contributed by atoms with Gasteiger partial charge in [0.15, 0.2) is 0 Å². The summed E-state index contributed by atoms with van der Waals surface area (Å²) in [6, 6.07) is 8.22. The zero-order chi connectivity index (χ0) is 14.0. The molecule has 0 aliphatic rings. The van der Waals surface area contributed by atoms with Crippen molar-refractivity contribution >= 4 is 40.5 Å². The molecule has 4 nitrogen and oxygen atoms in total. The minimum atomic E-state index is -1.06. The summed E-state index contributed by atoms with van der Waals surface area (Å²) in [5, 5.41) is 11.9. The fraction of sp³-hybridized carbons (Fsp3) is 0.0769. The summed E-state index contributed by atoms with van der Waals surface area (Å²) in [4.78, 5) is 24.0. The Labute approximate surface area is 118 Å². The van der Waals surface area contributed by atoms with Gasteiger partial charge in [-0.3, -0.25) is 4.79 Å². The van der Waals surface area contributed by atoms with Crippen molar-refractivity contribution < 1.29 is 14.7 Å². The third-order valence-electron chi connectivity index (χ3n) is 2.42. The van der Waals surface area contributed by atoms with Gasteiger partial charge in [0.25, 0.3) is 5.91 Å². The van der Waals surface area contributed by atoms with Crippen molar-refractivity contribution in [2.24, 2.45) is 0 Å². The second-order valence-corrected chi connectivity index (χ2v) is 5.50. The van der Waals surface area contributed by atoms with Gasteiger partial charge in [-0.2, -0.15) is 0 Å².